The van der Waals surface area contributed by atoms with Crippen molar-refractivity contribution in [3.63, 3.8) is 0 Å². The van der Waals surface area contributed by atoms with Gasteiger partial charge in [0.05, 0.1) is 19.3 Å². The molecule has 19 heavy (non-hydrogen) atoms. The smallest absolute Gasteiger partial charge is 0.254 e. The molecule has 1 aromatic rings. The number of hydrogen-bond acceptors (Lipinski definition) is 3. The first-order valence-corrected chi connectivity index (χ1v) is 6.97. The van der Waals surface area contributed by atoms with Crippen molar-refractivity contribution < 1.29 is 9.53 Å². The van der Waals surface area contributed by atoms with Crippen molar-refractivity contribution >= 4 is 5.91 Å². The molecule has 0 bridgehead atoms. The van der Waals surface area contributed by atoms with Gasteiger partial charge in [-0.3, -0.25) is 4.79 Å². The van der Waals surface area contributed by atoms with E-state index in [0.717, 1.165) is 11.1 Å². The quantitative estimate of drug-likeness (QED) is 0.893. The van der Waals surface area contributed by atoms with Crippen molar-refractivity contribution in [3.8, 4) is 0 Å². The molecule has 102 valence electrons. The summed E-state index contributed by atoms with van der Waals surface area (Å²) >= 11 is 0. The molecule has 0 radical (unpaired) electrons. The van der Waals surface area contributed by atoms with Crippen LogP contribution in [0.25, 0.3) is 0 Å². The Morgan fingerprint density at radius 1 is 1.32 bits per heavy atom. The van der Waals surface area contributed by atoms with E-state index in [2.05, 4.69) is 0 Å². The number of morpholine rings is 1. The maximum atomic E-state index is 12.6. The molecule has 1 aromatic carbocycles. The number of carbonyl (C=O) groups excluding carboxylic acids is 1. The summed E-state index contributed by atoms with van der Waals surface area (Å²) in [6, 6.07) is 7.89. The van der Waals surface area contributed by atoms with Crippen LogP contribution in [-0.2, 0) is 11.3 Å². The van der Waals surface area contributed by atoms with Crippen molar-refractivity contribution in [1.82, 2.24) is 4.90 Å². The second kappa shape index (κ2) is 5.31. The van der Waals surface area contributed by atoms with E-state index >= 15 is 0 Å². The highest BCUT2D eigenvalue weighted by Gasteiger charge is 2.39. The molecule has 4 nitrogen and oxygen atoms in total. The van der Waals surface area contributed by atoms with Gasteiger partial charge in [0.1, 0.15) is 0 Å². The number of benzene rings is 1. The molecule has 1 aliphatic heterocycles. The molecule has 0 spiro atoms. The maximum Gasteiger partial charge on any atom is 0.254 e. The van der Waals surface area contributed by atoms with Gasteiger partial charge in [0, 0.05) is 18.7 Å². The lowest BCUT2D eigenvalue weighted by molar-refractivity contribution is -0.00834. The highest BCUT2D eigenvalue weighted by molar-refractivity contribution is 5.94. The van der Waals surface area contributed by atoms with Gasteiger partial charge in [-0.2, -0.15) is 0 Å². The van der Waals surface area contributed by atoms with Gasteiger partial charge in [0.25, 0.3) is 5.91 Å². The number of rotatable bonds is 3. The number of hydrogen-bond donors (Lipinski definition) is 1. The van der Waals surface area contributed by atoms with Gasteiger partial charge < -0.3 is 15.4 Å². The van der Waals surface area contributed by atoms with Gasteiger partial charge in [-0.15, -0.1) is 0 Å². The predicted octanol–water partition coefficient (Wildman–Crippen LogP) is 1.40. The summed E-state index contributed by atoms with van der Waals surface area (Å²) in [6.45, 7) is 2.56. The van der Waals surface area contributed by atoms with Gasteiger partial charge in [0.15, 0.2) is 0 Å². The normalized spacial score (nSPS) is 23.4. The van der Waals surface area contributed by atoms with Crippen molar-refractivity contribution in [3.05, 3.63) is 35.4 Å². The molecule has 4 heteroatoms. The molecule has 1 saturated heterocycles. The van der Waals surface area contributed by atoms with Gasteiger partial charge in [-0.25, -0.2) is 0 Å². The van der Waals surface area contributed by atoms with Crippen LogP contribution in [0.4, 0.5) is 0 Å². The molecular formula is C15H20N2O2. The average molecular weight is 260 g/mol. The minimum Gasteiger partial charge on any atom is -0.377 e. The molecule has 1 amide bonds. The minimum absolute atomic E-state index is 0.128. The Morgan fingerprint density at radius 3 is 2.68 bits per heavy atom. The van der Waals surface area contributed by atoms with Crippen molar-refractivity contribution in [1.29, 1.82) is 0 Å². The molecule has 2 fully saturated rings. The summed E-state index contributed by atoms with van der Waals surface area (Å²) in [5, 5.41) is 0. The molecule has 0 aromatic heterocycles. The number of nitrogens with two attached hydrogens (primary N) is 1. The van der Waals surface area contributed by atoms with Crippen LogP contribution in [0.15, 0.2) is 24.3 Å². The van der Waals surface area contributed by atoms with Gasteiger partial charge >= 0.3 is 0 Å². The Morgan fingerprint density at radius 2 is 2.05 bits per heavy atom. The van der Waals surface area contributed by atoms with E-state index in [4.69, 9.17) is 10.5 Å². The molecule has 0 unspecified atom stereocenters. The summed E-state index contributed by atoms with van der Waals surface area (Å²) in [6.07, 6.45) is 2.45. The van der Waals surface area contributed by atoms with E-state index in [-0.39, 0.29) is 11.9 Å². The molecule has 2 N–H and O–H groups in total. The number of amides is 1. The Labute approximate surface area is 113 Å². The van der Waals surface area contributed by atoms with E-state index in [1.807, 2.05) is 29.2 Å². The van der Waals surface area contributed by atoms with E-state index in [1.54, 1.807) is 0 Å². The van der Waals surface area contributed by atoms with E-state index in [1.165, 1.54) is 12.8 Å². The molecule has 2 aliphatic rings. The summed E-state index contributed by atoms with van der Waals surface area (Å²) in [5.41, 5.74) is 7.38. The lowest BCUT2D eigenvalue weighted by atomic mass is 10.1. The third-order valence-electron chi connectivity index (χ3n) is 4.03. The predicted molar refractivity (Wildman–Crippen MR) is 72.7 cm³/mol. The van der Waals surface area contributed by atoms with Crippen LogP contribution < -0.4 is 5.73 Å². The fourth-order valence-corrected chi connectivity index (χ4v) is 2.70. The maximum absolute atomic E-state index is 12.6. The average Bonchev–Trinajstić information content (AvgIpc) is 3.31. The van der Waals surface area contributed by atoms with Crippen LogP contribution in [0.3, 0.4) is 0 Å². The fraction of sp³-hybridized carbons (Fsp3) is 0.533. The van der Waals surface area contributed by atoms with E-state index in [0.29, 0.717) is 32.2 Å². The highest BCUT2D eigenvalue weighted by Crippen LogP contribution is 2.37. The van der Waals surface area contributed by atoms with Crippen LogP contribution >= 0.6 is 0 Å². The summed E-state index contributed by atoms with van der Waals surface area (Å²) < 4.78 is 5.53. The number of carbonyl (C=O) groups is 1. The lowest BCUT2D eigenvalue weighted by Crippen LogP contribution is -2.49. The third kappa shape index (κ3) is 2.65. The van der Waals surface area contributed by atoms with E-state index < -0.39 is 0 Å². The first kappa shape index (κ1) is 12.6. The van der Waals surface area contributed by atoms with Crippen LogP contribution in [0.5, 0.6) is 0 Å². The zero-order valence-corrected chi connectivity index (χ0v) is 11.0. The minimum atomic E-state index is 0.128. The first-order valence-electron chi connectivity index (χ1n) is 6.97. The Balaban J connectivity index is 1.76. The molecule has 3 rings (SSSR count). The van der Waals surface area contributed by atoms with Crippen molar-refractivity contribution in [2.24, 2.45) is 11.7 Å². The van der Waals surface area contributed by atoms with Crippen LogP contribution in [0, 0.1) is 5.92 Å². The molecule has 1 aliphatic carbocycles. The molecular weight excluding hydrogens is 240 g/mol. The fourth-order valence-electron chi connectivity index (χ4n) is 2.70. The zero-order valence-electron chi connectivity index (χ0n) is 11.0. The lowest BCUT2D eigenvalue weighted by Gasteiger charge is -2.36. The standard InChI is InChI=1S/C15H20N2O2/c16-9-11-1-3-13(4-2-11)15(18)17-7-8-19-10-14(17)12-5-6-12/h1-4,12,14H,5-10,16H2/t14-/m1/s1. The van der Waals surface area contributed by atoms with Crippen molar-refractivity contribution in [2.45, 2.75) is 25.4 Å². The van der Waals surface area contributed by atoms with Crippen LogP contribution in [0.1, 0.15) is 28.8 Å². The third-order valence-corrected chi connectivity index (χ3v) is 4.03. The van der Waals surface area contributed by atoms with Gasteiger partial charge in [0.2, 0.25) is 0 Å². The number of ether oxygens (including phenoxy) is 1. The summed E-state index contributed by atoms with van der Waals surface area (Å²) in [5.74, 6) is 0.774. The zero-order chi connectivity index (χ0) is 13.2. The SMILES string of the molecule is NCc1ccc(C(=O)N2CCOC[C@@H]2C2CC2)cc1. The molecule has 1 saturated carbocycles. The Bertz CT molecular complexity index is 454. The van der Waals surface area contributed by atoms with Crippen LogP contribution in [0.2, 0.25) is 0 Å². The van der Waals surface area contributed by atoms with Crippen molar-refractivity contribution in [2.75, 3.05) is 19.8 Å². The van der Waals surface area contributed by atoms with Gasteiger partial charge in [-0.1, -0.05) is 12.1 Å². The highest BCUT2D eigenvalue weighted by atomic mass is 16.5. The van der Waals surface area contributed by atoms with Gasteiger partial charge in [-0.05, 0) is 36.5 Å². The first-order chi connectivity index (χ1) is 9.29. The Hall–Kier alpha value is -1.39. The van der Waals surface area contributed by atoms with Crippen LogP contribution in [-0.4, -0.2) is 36.6 Å². The molecule has 1 heterocycles. The second-order valence-electron chi connectivity index (χ2n) is 5.38. The Kier molecular flexibility index (Phi) is 3.53. The number of nitrogens with zero attached hydrogens (tertiary/aromatic N) is 1. The summed E-state index contributed by atoms with van der Waals surface area (Å²) in [4.78, 5) is 14.6. The largest absolute Gasteiger partial charge is 0.377 e. The summed E-state index contributed by atoms with van der Waals surface area (Å²) in [7, 11) is 0. The molecule has 1 atom stereocenters. The second-order valence-corrected chi connectivity index (χ2v) is 5.38. The topological polar surface area (TPSA) is 55.6 Å². The monoisotopic (exact) mass is 260 g/mol. The van der Waals surface area contributed by atoms with E-state index in [9.17, 15) is 4.79 Å².